The number of halogens is 3. The number of hydrogen-bond acceptors (Lipinski definition) is 5. The highest BCUT2D eigenvalue weighted by Crippen LogP contribution is 2.11. The number of rotatable bonds is 11. The topological polar surface area (TPSA) is 140 Å². The van der Waals surface area contributed by atoms with Gasteiger partial charge in [-0.25, -0.2) is 0 Å². The van der Waals surface area contributed by atoms with Gasteiger partial charge in [-0.3, -0.25) is 9.59 Å². The van der Waals surface area contributed by atoms with Crippen LogP contribution in [-0.4, -0.2) is 60.2 Å². The minimum atomic E-state index is -5.19. The van der Waals surface area contributed by atoms with Crippen LogP contribution in [0.4, 0.5) is 13.2 Å². The summed E-state index contributed by atoms with van der Waals surface area (Å²) >= 11 is 0. The molecule has 1 amide bonds. The second-order valence-electron chi connectivity index (χ2n) is 5.99. The summed E-state index contributed by atoms with van der Waals surface area (Å²) in [5.74, 6) is -3.90. The van der Waals surface area contributed by atoms with Crippen molar-refractivity contribution in [2.45, 2.75) is 32.0 Å². The highest BCUT2D eigenvalue weighted by Gasteiger charge is 2.28. The first kappa shape index (κ1) is 26.3. The second-order valence-corrected chi connectivity index (χ2v) is 5.99. The van der Waals surface area contributed by atoms with Crippen molar-refractivity contribution in [2.24, 2.45) is 5.73 Å². The second kappa shape index (κ2) is 14.4. The SMILES string of the molecule is NCCC[NH2+]CCC(=O)N(CCC(=O)O)Cc1ccccc1.O=C([O-])C(F)(F)F. The van der Waals surface area contributed by atoms with Crippen molar-refractivity contribution >= 4 is 17.8 Å². The van der Waals surface area contributed by atoms with E-state index in [4.69, 9.17) is 20.7 Å². The van der Waals surface area contributed by atoms with Gasteiger partial charge in [0, 0.05) is 19.5 Å². The number of carbonyl (C=O) groups is 3. The van der Waals surface area contributed by atoms with Crippen LogP contribution in [0.2, 0.25) is 0 Å². The van der Waals surface area contributed by atoms with E-state index < -0.39 is 18.1 Å². The number of alkyl halides is 3. The van der Waals surface area contributed by atoms with Crippen LogP contribution in [-0.2, 0) is 20.9 Å². The number of hydrogen-bond donors (Lipinski definition) is 3. The molecule has 0 aliphatic carbocycles. The molecule has 0 unspecified atom stereocenters. The molecule has 0 aliphatic heterocycles. The quantitative estimate of drug-likeness (QED) is 0.395. The van der Waals surface area contributed by atoms with E-state index in [1.165, 1.54) is 0 Å². The Morgan fingerprint density at radius 3 is 2.17 bits per heavy atom. The van der Waals surface area contributed by atoms with Crippen LogP contribution in [0.3, 0.4) is 0 Å². The molecule has 0 atom stereocenters. The molecule has 0 saturated carbocycles. The fourth-order valence-electron chi connectivity index (χ4n) is 2.12. The lowest BCUT2D eigenvalue weighted by atomic mass is 10.2. The Balaban J connectivity index is 0.000000956. The average molecular weight is 421 g/mol. The minimum absolute atomic E-state index is 0.00546. The van der Waals surface area contributed by atoms with Crippen molar-refractivity contribution in [3.05, 3.63) is 35.9 Å². The van der Waals surface area contributed by atoms with Crippen LogP contribution in [0.1, 0.15) is 24.8 Å². The summed E-state index contributed by atoms with van der Waals surface area (Å²) in [7, 11) is 0. The Labute approximate surface area is 166 Å². The van der Waals surface area contributed by atoms with Gasteiger partial charge in [-0.15, -0.1) is 0 Å². The van der Waals surface area contributed by atoms with Gasteiger partial charge < -0.3 is 31.0 Å². The molecule has 5 N–H and O–H groups in total. The number of quaternary nitrogens is 1. The van der Waals surface area contributed by atoms with Gasteiger partial charge in [0.15, 0.2) is 0 Å². The fraction of sp³-hybridized carbons (Fsp3) is 0.500. The van der Waals surface area contributed by atoms with Crippen LogP contribution in [0.15, 0.2) is 30.3 Å². The number of benzene rings is 1. The molecular formula is C18H26F3N3O5. The largest absolute Gasteiger partial charge is 0.542 e. The predicted molar refractivity (Wildman–Crippen MR) is 95.1 cm³/mol. The normalized spacial score (nSPS) is 10.6. The maximum absolute atomic E-state index is 12.3. The number of nitrogens with two attached hydrogens (primary N) is 2. The van der Waals surface area contributed by atoms with Crippen molar-refractivity contribution in [1.29, 1.82) is 0 Å². The Kier molecular flexibility index (Phi) is 13.0. The lowest BCUT2D eigenvalue weighted by molar-refractivity contribution is -0.653. The maximum Gasteiger partial charge on any atom is 0.430 e. The van der Waals surface area contributed by atoms with Crippen LogP contribution in [0.5, 0.6) is 0 Å². The van der Waals surface area contributed by atoms with Gasteiger partial charge in [0.25, 0.3) is 0 Å². The lowest BCUT2D eigenvalue weighted by Gasteiger charge is -2.22. The maximum atomic E-state index is 12.3. The van der Waals surface area contributed by atoms with E-state index in [0.29, 0.717) is 26.1 Å². The molecule has 11 heteroatoms. The smallest absolute Gasteiger partial charge is 0.430 e. The van der Waals surface area contributed by atoms with Gasteiger partial charge in [0.05, 0.1) is 25.9 Å². The number of nitrogens with zero attached hydrogens (tertiary/aromatic N) is 1. The fourth-order valence-corrected chi connectivity index (χ4v) is 2.12. The first-order valence-electron chi connectivity index (χ1n) is 8.91. The number of aliphatic carboxylic acids is 2. The zero-order valence-corrected chi connectivity index (χ0v) is 15.9. The van der Waals surface area contributed by atoms with E-state index in [0.717, 1.165) is 18.5 Å². The monoisotopic (exact) mass is 421 g/mol. The summed E-state index contributed by atoms with van der Waals surface area (Å²) in [6, 6.07) is 9.62. The Morgan fingerprint density at radius 2 is 1.69 bits per heavy atom. The van der Waals surface area contributed by atoms with Crippen molar-refractivity contribution in [3.63, 3.8) is 0 Å². The zero-order chi connectivity index (χ0) is 22.3. The van der Waals surface area contributed by atoms with Crippen LogP contribution in [0, 0.1) is 0 Å². The number of amides is 1. The molecule has 0 saturated heterocycles. The summed E-state index contributed by atoms with van der Waals surface area (Å²) in [4.78, 5) is 33.4. The molecule has 1 aromatic rings. The van der Waals surface area contributed by atoms with Crippen molar-refractivity contribution in [1.82, 2.24) is 4.90 Å². The Bertz CT molecular complexity index is 627. The molecule has 0 spiro atoms. The standard InChI is InChI=1S/C16H25N3O3.C2HF3O2/c17-9-4-10-18-11-7-15(20)19(12-8-16(21)22)13-14-5-2-1-3-6-14;3-2(4,5)1(6)7/h1-3,5-6,18H,4,7-13,17H2,(H,21,22);(H,6,7). The zero-order valence-electron chi connectivity index (χ0n) is 15.9. The highest BCUT2D eigenvalue weighted by atomic mass is 19.4. The molecule has 0 radical (unpaired) electrons. The van der Waals surface area contributed by atoms with Gasteiger partial charge in [-0.2, -0.15) is 13.2 Å². The summed E-state index contributed by atoms with van der Waals surface area (Å²) in [5, 5.41) is 19.7. The molecule has 0 bridgehead atoms. The summed E-state index contributed by atoms with van der Waals surface area (Å²) in [6.07, 6.45) is -3.88. The van der Waals surface area contributed by atoms with E-state index >= 15 is 0 Å². The van der Waals surface area contributed by atoms with Gasteiger partial charge in [0.2, 0.25) is 5.91 Å². The van der Waals surface area contributed by atoms with Gasteiger partial charge in [0.1, 0.15) is 5.97 Å². The van der Waals surface area contributed by atoms with Crippen molar-refractivity contribution in [3.8, 4) is 0 Å². The average Bonchev–Trinajstić information content (AvgIpc) is 2.65. The number of carboxylic acid groups (broad SMARTS) is 2. The molecule has 0 fully saturated rings. The third-order valence-electron chi connectivity index (χ3n) is 3.57. The van der Waals surface area contributed by atoms with E-state index in [9.17, 15) is 22.8 Å². The van der Waals surface area contributed by atoms with Gasteiger partial charge >= 0.3 is 12.1 Å². The summed E-state index contributed by atoms with van der Waals surface area (Å²) in [6.45, 7) is 2.97. The summed E-state index contributed by atoms with van der Waals surface area (Å²) < 4.78 is 31.5. The first-order chi connectivity index (χ1) is 13.6. The van der Waals surface area contributed by atoms with E-state index in [2.05, 4.69) is 5.32 Å². The van der Waals surface area contributed by atoms with E-state index in [1.807, 2.05) is 30.3 Å². The van der Waals surface area contributed by atoms with Crippen LogP contribution < -0.4 is 16.2 Å². The molecule has 0 aromatic heterocycles. The number of carbonyl (C=O) groups excluding carboxylic acids is 2. The predicted octanol–water partition coefficient (Wildman–Crippen LogP) is -0.909. The molecular weight excluding hydrogens is 395 g/mol. The first-order valence-corrected chi connectivity index (χ1v) is 8.91. The van der Waals surface area contributed by atoms with Crippen molar-refractivity contribution < 1.29 is 43.1 Å². The molecule has 1 aromatic carbocycles. The van der Waals surface area contributed by atoms with E-state index in [-0.39, 0.29) is 18.9 Å². The third-order valence-corrected chi connectivity index (χ3v) is 3.57. The Hall–Kier alpha value is -2.66. The summed E-state index contributed by atoms with van der Waals surface area (Å²) in [5.41, 5.74) is 6.43. The van der Waals surface area contributed by atoms with Gasteiger partial charge in [-0.05, 0) is 12.1 Å². The van der Waals surface area contributed by atoms with Gasteiger partial charge in [-0.1, -0.05) is 30.3 Å². The molecule has 29 heavy (non-hydrogen) atoms. The number of carboxylic acids is 2. The molecule has 1 rings (SSSR count). The molecule has 164 valence electrons. The van der Waals surface area contributed by atoms with Crippen molar-refractivity contribution in [2.75, 3.05) is 26.2 Å². The molecule has 8 nitrogen and oxygen atoms in total. The third kappa shape index (κ3) is 14.1. The van der Waals surface area contributed by atoms with Crippen LogP contribution >= 0.6 is 0 Å². The minimum Gasteiger partial charge on any atom is -0.542 e. The molecule has 0 heterocycles. The molecule has 0 aliphatic rings. The Morgan fingerprint density at radius 1 is 1.10 bits per heavy atom. The van der Waals surface area contributed by atoms with E-state index in [1.54, 1.807) is 4.90 Å². The lowest BCUT2D eigenvalue weighted by Crippen LogP contribution is -2.84. The van der Waals surface area contributed by atoms with Crippen LogP contribution in [0.25, 0.3) is 0 Å². The highest BCUT2D eigenvalue weighted by molar-refractivity contribution is 5.77.